The van der Waals surface area contributed by atoms with Gasteiger partial charge in [-0.3, -0.25) is 25.7 Å². The first kappa shape index (κ1) is 18.0. The molecular formula is C14H17N5O4. The van der Waals surface area contributed by atoms with Gasteiger partial charge in [-0.1, -0.05) is 13.8 Å². The predicted octanol–water partition coefficient (Wildman–Crippen LogP) is 3.62. The average Bonchev–Trinajstić information content (AvgIpc) is 2.49. The number of hydrogen-bond donors (Lipinski definition) is 1. The summed E-state index contributed by atoms with van der Waals surface area (Å²) in [5.41, 5.74) is 2.59. The Kier molecular flexibility index (Phi) is 6.61. The van der Waals surface area contributed by atoms with E-state index in [-0.39, 0.29) is 11.4 Å². The molecule has 0 aromatic heterocycles. The van der Waals surface area contributed by atoms with Crippen LogP contribution in [0.15, 0.2) is 23.3 Å². The fraction of sp³-hybridized carbons (Fsp3) is 0.429. The van der Waals surface area contributed by atoms with Gasteiger partial charge in [0.1, 0.15) is 5.69 Å². The van der Waals surface area contributed by atoms with E-state index in [0.29, 0.717) is 30.9 Å². The molecule has 1 aromatic rings. The lowest BCUT2D eigenvalue weighted by Gasteiger charge is -2.09. The van der Waals surface area contributed by atoms with E-state index in [0.717, 1.165) is 6.07 Å². The second-order valence-electron chi connectivity index (χ2n) is 5.26. The van der Waals surface area contributed by atoms with E-state index in [1.807, 2.05) is 19.9 Å². The Morgan fingerprint density at radius 2 is 2.04 bits per heavy atom. The zero-order chi connectivity index (χ0) is 17.4. The van der Waals surface area contributed by atoms with Gasteiger partial charge in [-0.2, -0.15) is 10.4 Å². The highest BCUT2D eigenvalue weighted by molar-refractivity contribution is 5.85. The third kappa shape index (κ3) is 5.70. The van der Waals surface area contributed by atoms with Gasteiger partial charge >= 0.3 is 5.69 Å². The van der Waals surface area contributed by atoms with Crippen LogP contribution in [-0.2, 0) is 0 Å². The monoisotopic (exact) mass is 319 g/mol. The number of hydrazone groups is 1. The van der Waals surface area contributed by atoms with Crippen LogP contribution in [0.4, 0.5) is 17.1 Å². The van der Waals surface area contributed by atoms with E-state index in [4.69, 9.17) is 5.26 Å². The number of nitrogens with zero attached hydrogens (tertiary/aromatic N) is 4. The molecule has 0 heterocycles. The fourth-order valence-electron chi connectivity index (χ4n) is 1.89. The van der Waals surface area contributed by atoms with Crippen LogP contribution in [0, 0.1) is 37.5 Å². The van der Waals surface area contributed by atoms with Crippen LogP contribution in [0.3, 0.4) is 0 Å². The van der Waals surface area contributed by atoms with Crippen molar-refractivity contribution < 1.29 is 9.85 Å². The molecule has 1 aromatic carbocycles. The molecule has 0 aliphatic heterocycles. The van der Waals surface area contributed by atoms with Crippen LogP contribution < -0.4 is 5.43 Å². The van der Waals surface area contributed by atoms with E-state index in [1.54, 1.807) is 0 Å². The first-order chi connectivity index (χ1) is 10.8. The molecule has 122 valence electrons. The van der Waals surface area contributed by atoms with E-state index >= 15 is 0 Å². The van der Waals surface area contributed by atoms with Gasteiger partial charge in [0.25, 0.3) is 5.69 Å². The van der Waals surface area contributed by atoms with Crippen molar-refractivity contribution >= 4 is 22.8 Å². The Morgan fingerprint density at radius 3 is 2.57 bits per heavy atom. The van der Waals surface area contributed by atoms with E-state index in [9.17, 15) is 20.2 Å². The van der Waals surface area contributed by atoms with Gasteiger partial charge in [0.15, 0.2) is 0 Å². The molecule has 1 N–H and O–H groups in total. The summed E-state index contributed by atoms with van der Waals surface area (Å²) >= 11 is 0. The minimum atomic E-state index is -0.706. The molecular weight excluding hydrogens is 302 g/mol. The lowest BCUT2D eigenvalue weighted by atomic mass is 10.0. The van der Waals surface area contributed by atoms with Crippen molar-refractivity contribution in [3.8, 4) is 6.07 Å². The van der Waals surface area contributed by atoms with Gasteiger partial charge in [-0.15, -0.1) is 0 Å². The second-order valence-corrected chi connectivity index (χ2v) is 5.26. The number of hydrogen-bond acceptors (Lipinski definition) is 7. The molecule has 0 saturated heterocycles. The number of nitriles is 1. The quantitative estimate of drug-likeness (QED) is 0.441. The summed E-state index contributed by atoms with van der Waals surface area (Å²) in [7, 11) is 0. The van der Waals surface area contributed by atoms with E-state index < -0.39 is 15.5 Å². The van der Waals surface area contributed by atoms with Crippen molar-refractivity contribution in [1.29, 1.82) is 5.26 Å². The molecule has 0 fully saturated rings. The summed E-state index contributed by atoms with van der Waals surface area (Å²) in [6.07, 6.45) is 1.41. The Labute approximate surface area is 132 Å². The number of anilines is 1. The number of nitrogens with one attached hydrogen (secondary N) is 1. The van der Waals surface area contributed by atoms with Gasteiger partial charge in [-0.25, -0.2) is 0 Å². The molecule has 9 nitrogen and oxygen atoms in total. The maximum absolute atomic E-state index is 11.0. The lowest BCUT2D eigenvalue weighted by Crippen LogP contribution is -2.07. The van der Waals surface area contributed by atoms with Crippen molar-refractivity contribution in [3.63, 3.8) is 0 Å². The van der Waals surface area contributed by atoms with E-state index in [1.165, 1.54) is 12.1 Å². The topological polar surface area (TPSA) is 134 Å². The van der Waals surface area contributed by atoms with Gasteiger partial charge in [-0.05, 0) is 18.4 Å². The molecule has 0 amide bonds. The number of nitro groups is 2. The normalized spacial score (nSPS) is 11.1. The first-order valence-corrected chi connectivity index (χ1v) is 6.96. The van der Waals surface area contributed by atoms with Crippen LogP contribution in [-0.4, -0.2) is 15.6 Å². The molecule has 9 heteroatoms. The summed E-state index contributed by atoms with van der Waals surface area (Å²) in [5.74, 6) is 0.320. The minimum absolute atomic E-state index is 0.0683. The highest BCUT2D eigenvalue weighted by Gasteiger charge is 2.19. The summed E-state index contributed by atoms with van der Waals surface area (Å²) in [6.45, 7) is 3.99. The molecule has 0 unspecified atom stereocenters. The molecule has 0 spiro atoms. The highest BCUT2D eigenvalue weighted by Crippen LogP contribution is 2.29. The summed E-state index contributed by atoms with van der Waals surface area (Å²) in [5, 5.41) is 34.5. The molecule has 1 rings (SSSR count). The number of nitro benzene ring substituents is 2. The van der Waals surface area contributed by atoms with Crippen LogP contribution >= 0.6 is 0 Å². The van der Waals surface area contributed by atoms with Gasteiger partial charge in [0, 0.05) is 24.6 Å². The van der Waals surface area contributed by atoms with Crippen molar-refractivity contribution in [2.24, 2.45) is 11.0 Å². The standard InChI is InChI=1S/C14H17N5O4/c1-10(2)8-11(4-3-7-15)16-17-13-6-5-12(18(20)21)9-14(13)19(22)23/h5-6,9-10,17H,3-4,8H2,1-2H3/b16-11-. The Hall–Kier alpha value is -3.02. The Morgan fingerprint density at radius 1 is 1.35 bits per heavy atom. The van der Waals surface area contributed by atoms with Gasteiger partial charge in [0.2, 0.25) is 0 Å². The summed E-state index contributed by atoms with van der Waals surface area (Å²) in [4.78, 5) is 20.3. The second kappa shape index (κ2) is 8.43. The van der Waals surface area contributed by atoms with Crippen LogP contribution in [0.25, 0.3) is 0 Å². The third-order valence-electron chi connectivity index (χ3n) is 2.89. The van der Waals surface area contributed by atoms with Crippen molar-refractivity contribution in [2.75, 3.05) is 5.43 Å². The van der Waals surface area contributed by atoms with Crippen LogP contribution in [0.5, 0.6) is 0 Å². The van der Waals surface area contributed by atoms with Crippen LogP contribution in [0.2, 0.25) is 0 Å². The minimum Gasteiger partial charge on any atom is -0.272 e. The zero-order valence-corrected chi connectivity index (χ0v) is 12.9. The lowest BCUT2D eigenvalue weighted by molar-refractivity contribution is -0.393. The molecule has 0 aliphatic carbocycles. The largest absolute Gasteiger partial charge is 0.301 e. The third-order valence-corrected chi connectivity index (χ3v) is 2.89. The highest BCUT2D eigenvalue weighted by atomic mass is 16.6. The smallest absolute Gasteiger partial charge is 0.272 e. The fourth-order valence-corrected chi connectivity index (χ4v) is 1.89. The van der Waals surface area contributed by atoms with Crippen molar-refractivity contribution in [1.82, 2.24) is 0 Å². The maximum atomic E-state index is 11.0. The number of rotatable bonds is 8. The van der Waals surface area contributed by atoms with Crippen molar-refractivity contribution in [3.05, 3.63) is 38.4 Å². The van der Waals surface area contributed by atoms with E-state index in [2.05, 4.69) is 10.5 Å². The molecule has 23 heavy (non-hydrogen) atoms. The summed E-state index contributed by atoms with van der Waals surface area (Å²) < 4.78 is 0. The summed E-state index contributed by atoms with van der Waals surface area (Å²) in [6, 6.07) is 5.33. The first-order valence-electron chi connectivity index (χ1n) is 6.96. The molecule has 0 atom stereocenters. The molecule has 0 aliphatic rings. The van der Waals surface area contributed by atoms with Crippen LogP contribution in [0.1, 0.15) is 33.1 Å². The predicted molar refractivity (Wildman–Crippen MR) is 85.1 cm³/mol. The Balaban J connectivity index is 3.05. The molecule has 0 radical (unpaired) electrons. The Bertz CT molecular complexity index is 664. The zero-order valence-electron chi connectivity index (χ0n) is 12.9. The van der Waals surface area contributed by atoms with Crippen molar-refractivity contribution in [2.45, 2.75) is 33.1 Å². The maximum Gasteiger partial charge on any atom is 0.301 e. The SMILES string of the molecule is CC(C)C/C(CCC#N)=N\Nc1ccc([N+](=O)[O-])cc1[N+](=O)[O-]. The van der Waals surface area contributed by atoms with Gasteiger partial charge in [0.05, 0.1) is 22.0 Å². The molecule has 0 bridgehead atoms. The average molecular weight is 319 g/mol. The molecule has 0 saturated carbocycles. The van der Waals surface area contributed by atoms with Gasteiger partial charge < -0.3 is 0 Å². The number of benzene rings is 1. The number of non-ortho nitro benzene ring substituents is 1.